The van der Waals surface area contributed by atoms with E-state index in [1.54, 1.807) is 0 Å². The number of hydrogen-bond donors (Lipinski definition) is 1. The molecule has 94 valence electrons. The van der Waals surface area contributed by atoms with Gasteiger partial charge in [-0.3, -0.25) is 4.79 Å². The van der Waals surface area contributed by atoms with Crippen LogP contribution in [-0.4, -0.2) is 44.3 Å². The van der Waals surface area contributed by atoms with Crippen molar-refractivity contribution in [3.8, 4) is 0 Å². The molecule has 1 aliphatic heterocycles. The van der Waals surface area contributed by atoms with Crippen LogP contribution in [0.5, 0.6) is 0 Å². The van der Waals surface area contributed by atoms with Crippen molar-refractivity contribution in [3.05, 3.63) is 0 Å². The number of carbonyl (C=O) groups excluding carboxylic acids is 1. The van der Waals surface area contributed by atoms with Crippen molar-refractivity contribution in [2.24, 2.45) is 0 Å². The molecule has 1 N–H and O–H groups in total. The molecule has 2 unspecified atom stereocenters. The van der Waals surface area contributed by atoms with E-state index in [0.717, 1.165) is 6.42 Å². The average Bonchev–Trinajstić information content (AvgIpc) is 2.59. The van der Waals surface area contributed by atoms with E-state index in [4.69, 9.17) is 4.74 Å². The number of halogens is 2. The Labute approximate surface area is 93.3 Å². The summed E-state index contributed by atoms with van der Waals surface area (Å²) < 4.78 is 33.3. The van der Waals surface area contributed by atoms with Crippen LogP contribution < -0.4 is 5.32 Å². The van der Waals surface area contributed by atoms with Crippen molar-refractivity contribution in [2.75, 3.05) is 19.8 Å². The summed E-state index contributed by atoms with van der Waals surface area (Å²) in [5.41, 5.74) is 0. The van der Waals surface area contributed by atoms with Gasteiger partial charge < -0.3 is 14.8 Å². The molecule has 2 atom stereocenters. The molecule has 0 saturated carbocycles. The Morgan fingerprint density at radius 1 is 1.62 bits per heavy atom. The first-order chi connectivity index (χ1) is 7.59. The van der Waals surface area contributed by atoms with E-state index >= 15 is 0 Å². The lowest BCUT2D eigenvalue weighted by Gasteiger charge is -2.15. The minimum atomic E-state index is -2.48. The van der Waals surface area contributed by atoms with Gasteiger partial charge in [-0.25, -0.2) is 8.78 Å². The minimum Gasteiger partial charge on any atom is -0.376 e. The van der Waals surface area contributed by atoms with Crippen molar-refractivity contribution in [2.45, 2.75) is 38.3 Å². The molecule has 1 amide bonds. The zero-order chi connectivity index (χ0) is 12.0. The number of rotatable bonds is 6. The Morgan fingerprint density at radius 2 is 2.38 bits per heavy atom. The summed E-state index contributed by atoms with van der Waals surface area (Å²) >= 11 is 0. The fourth-order valence-electron chi connectivity index (χ4n) is 1.54. The summed E-state index contributed by atoms with van der Waals surface area (Å²) in [7, 11) is 0. The van der Waals surface area contributed by atoms with Gasteiger partial charge in [-0.15, -0.1) is 0 Å². The highest BCUT2D eigenvalue weighted by molar-refractivity contribution is 5.76. The van der Waals surface area contributed by atoms with Crippen LogP contribution in [0.1, 0.15) is 19.8 Å². The molecular formula is C10H17F2NO3. The Bertz CT molecular complexity index is 226. The molecule has 0 radical (unpaired) electrons. The van der Waals surface area contributed by atoms with Crippen molar-refractivity contribution < 1.29 is 23.0 Å². The fraction of sp³-hybridized carbons (Fsp3) is 0.900. The molecule has 1 aliphatic rings. The number of alkyl halides is 2. The van der Waals surface area contributed by atoms with Crippen molar-refractivity contribution in [1.29, 1.82) is 0 Å². The standard InChI is InChI=1S/C10H17F2NO3/c1-7-8(2-5-16-7)13-10(14)3-4-15-6-9(11)12/h7-9H,2-6H2,1H3,(H,13,14). The van der Waals surface area contributed by atoms with Crippen molar-refractivity contribution >= 4 is 5.91 Å². The van der Waals surface area contributed by atoms with Gasteiger partial charge in [0.1, 0.15) is 6.61 Å². The van der Waals surface area contributed by atoms with Crippen LogP contribution in [0.15, 0.2) is 0 Å². The van der Waals surface area contributed by atoms with E-state index in [-0.39, 0.29) is 31.1 Å². The minimum absolute atomic E-state index is 0.0194. The highest BCUT2D eigenvalue weighted by atomic mass is 19.3. The smallest absolute Gasteiger partial charge is 0.261 e. The maximum atomic E-state index is 11.7. The summed E-state index contributed by atoms with van der Waals surface area (Å²) in [4.78, 5) is 11.4. The van der Waals surface area contributed by atoms with Crippen LogP contribution in [-0.2, 0) is 14.3 Å². The molecule has 0 aliphatic carbocycles. The fourth-order valence-corrected chi connectivity index (χ4v) is 1.54. The lowest BCUT2D eigenvalue weighted by Crippen LogP contribution is -2.39. The summed E-state index contributed by atoms with van der Waals surface area (Å²) in [5.74, 6) is -0.184. The Hall–Kier alpha value is -0.750. The lowest BCUT2D eigenvalue weighted by atomic mass is 10.1. The van der Waals surface area contributed by atoms with Gasteiger partial charge >= 0.3 is 0 Å². The van der Waals surface area contributed by atoms with E-state index in [1.165, 1.54) is 0 Å². The number of hydrogen-bond acceptors (Lipinski definition) is 3. The van der Waals surface area contributed by atoms with E-state index in [0.29, 0.717) is 6.61 Å². The van der Waals surface area contributed by atoms with Crippen LogP contribution in [0.25, 0.3) is 0 Å². The zero-order valence-electron chi connectivity index (χ0n) is 9.25. The van der Waals surface area contributed by atoms with Gasteiger partial charge in [0.2, 0.25) is 5.91 Å². The van der Waals surface area contributed by atoms with Crippen molar-refractivity contribution in [1.82, 2.24) is 5.32 Å². The lowest BCUT2D eigenvalue weighted by molar-refractivity contribution is -0.123. The number of carbonyl (C=O) groups is 1. The summed E-state index contributed by atoms with van der Waals surface area (Å²) in [6, 6.07) is 0.0302. The van der Waals surface area contributed by atoms with Gasteiger partial charge in [-0.2, -0.15) is 0 Å². The third-order valence-electron chi connectivity index (χ3n) is 2.44. The monoisotopic (exact) mass is 237 g/mol. The summed E-state index contributed by atoms with van der Waals surface area (Å²) in [6.07, 6.45) is -1.56. The molecule has 6 heteroatoms. The Balaban J connectivity index is 2.06. The first kappa shape index (κ1) is 13.3. The zero-order valence-corrected chi connectivity index (χ0v) is 9.25. The van der Waals surface area contributed by atoms with Crippen LogP contribution in [0.4, 0.5) is 8.78 Å². The van der Waals surface area contributed by atoms with Crippen LogP contribution in [0.3, 0.4) is 0 Å². The molecule has 0 aromatic carbocycles. The molecule has 16 heavy (non-hydrogen) atoms. The summed E-state index contributed by atoms with van der Waals surface area (Å²) in [6.45, 7) is 1.95. The molecular weight excluding hydrogens is 220 g/mol. The predicted octanol–water partition coefficient (Wildman–Crippen LogP) is 0.952. The van der Waals surface area contributed by atoms with Crippen LogP contribution in [0.2, 0.25) is 0 Å². The molecule has 0 spiro atoms. The highest BCUT2D eigenvalue weighted by Crippen LogP contribution is 2.12. The van der Waals surface area contributed by atoms with Gasteiger partial charge in [-0.05, 0) is 13.3 Å². The maximum absolute atomic E-state index is 11.7. The molecule has 0 aromatic heterocycles. The Morgan fingerprint density at radius 3 is 2.94 bits per heavy atom. The Kier molecular flexibility index (Phi) is 5.62. The third kappa shape index (κ3) is 4.85. The maximum Gasteiger partial charge on any atom is 0.261 e. The van der Waals surface area contributed by atoms with Gasteiger partial charge in [0.05, 0.1) is 18.8 Å². The molecule has 1 fully saturated rings. The number of ether oxygens (including phenoxy) is 2. The van der Waals surface area contributed by atoms with E-state index < -0.39 is 13.0 Å². The number of amides is 1. The SMILES string of the molecule is CC1OCCC1NC(=O)CCOCC(F)F. The van der Waals surface area contributed by atoms with Gasteiger partial charge in [0.15, 0.2) is 0 Å². The largest absolute Gasteiger partial charge is 0.376 e. The highest BCUT2D eigenvalue weighted by Gasteiger charge is 2.25. The second-order valence-corrected chi connectivity index (χ2v) is 3.75. The van der Waals surface area contributed by atoms with E-state index in [9.17, 15) is 13.6 Å². The van der Waals surface area contributed by atoms with E-state index in [2.05, 4.69) is 10.1 Å². The molecule has 4 nitrogen and oxygen atoms in total. The van der Waals surface area contributed by atoms with Gasteiger partial charge in [0, 0.05) is 13.0 Å². The van der Waals surface area contributed by atoms with Crippen molar-refractivity contribution in [3.63, 3.8) is 0 Å². The molecule has 1 rings (SSSR count). The molecule has 1 heterocycles. The van der Waals surface area contributed by atoms with Crippen LogP contribution in [0, 0.1) is 0 Å². The average molecular weight is 237 g/mol. The topological polar surface area (TPSA) is 47.6 Å². The first-order valence-electron chi connectivity index (χ1n) is 5.36. The molecule has 0 bridgehead atoms. The second-order valence-electron chi connectivity index (χ2n) is 3.75. The number of nitrogens with one attached hydrogen (secondary N) is 1. The quantitative estimate of drug-likeness (QED) is 0.700. The molecule has 0 aromatic rings. The van der Waals surface area contributed by atoms with E-state index in [1.807, 2.05) is 6.92 Å². The van der Waals surface area contributed by atoms with Gasteiger partial charge in [0.25, 0.3) is 6.43 Å². The van der Waals surface area contributed by atoms with Crippen LogP contribution >= 0.6 is 0 Å². The second kappa shape index (κ2) is 6.75. The first-order valence-corrected chi connectivity index (χ1v) is 5.36. The third-order valence-corrected chi connectivity index (χ3v) is 2.44. The van der Waals surface area contributed by atoms with Gasteiger partial charge in [-0.1, -0.05) is 0 Å². The summed E-state index contributed by atoms with van der Waals surface area (Å²) in [5, 5.41) is 2.79. The molecule has 1 saturated heterocycles. The normalized spacial score (nSPS) is 25.0. The predicted molar refractivity (Wildman–Crippen MR) is 53.4 cm³/mol.